The first-order valence-electron chi connectivity index (χ1n) is 6.39. The number of nitrogens with two attached hydrogens (primary N) is 1. The molecule has 4 heteroatoms. The van der Waals surface area contributed by atoms with E-state index in [4.69, 9.17) is 5.73 Å². The van der Waals surface area contributed by atoms with Crippen LogP contribution in [0.2, 0.25) is 0 Å². The van der Waals surface area contributed by atoms with Crippen molar-refractivity contribution in [2.45, 2.75) is 19.8 Å². The first kappa shape index (κ1) is 13.3. The lowest BCUT2D eigenvalue weighted by molar-refractivity contribution is 0.0946. The summed E-state index contributed by atoms with van der Waals surface area (Å²) >= 11 is 2.00. The molecule has 0 unspecified atom stereocenters. The van der Waals surface area contributed by atoms with E-state index in [2.05, 4.69) is 5.32 Å². The average molecular weight is 264 g/mol. The summed E-state index contributed by atoms with van der Waals surface area (Å²) in [7, 11) is 0. The van der Waals surface area contributed by atoms with E-state index in [0.29, 0.717) is 17.2 Å². The summed E-state index contributed by atoms with van der Waals surface area (Å²) in [6.45, 7) is 2.69. The van der Waals surface area contributed by atoms with Crippen molar-refractivity contribution in [1.29, 1.82) is 0 Å². The van der Waals surface area contributed by atoms with Crippen LogP contribution in [0.3, 0.4) is 0 Å². The normalized spacial score (nSPS) is 16.5. The van der Waals surface area contributed by atoms with Gasteiger partial charge in [-0.3, -0.25) is 4.79 Å². The number of hydrogen-bond donors (Lipinski definition) is 2. The van der Waals surface area contributed by atoms with E-state index < -0.39 is 0 Å². The second-order valence-electron chi connectivity index (χ2n) is 4.80. The van der Waals surface area contributed by atoms with Crippen LogP contribution in [0.4, 0.5) is 5.69 Å². The van der Waals surface area contributed by atoms with Crippen molar-refractivity contribution in [2.75, 3.05) is 23.8 Å². The van der Waals surface area contributed by atoms with Gasteiger partial charge in [0.2, 0.25) is 0 Å². The molecule has 0 bridgehead atoms. The van der Waals surface area contributed by atoms with Crippen LogP contribution in [0.25, 0.3) is 0 Å². The van der Waals surface area contributed by atoms with Crippen LogP contribution in [0.1, 0.15) is 28.8 Å². The number of thioether (sulfide) groups is 1. The van der Waals surface area contributed by atoms with E-state index in [1.807, 2.05) is 30.8 Å². The van der Waals surface area contributed by atoms with Gasteiger partial charge in [-0.05, 0) is 48.8 Å². The molecule has 0 saturated carbocycles. The number of rotatable bonds is 3. The van der Waals surface area contributed by atoms with Crippen LogP contribution in [-0.4, -0.2) is 24.0 Å². The summed E-state index contributed by atoms with van der Waals surface area (Å²) in [6.07, 6.45) is 2.41. The molecule has 0 aliphatic carbocycles. The van der Waals surface area contributed by atoms with Gasteiger partial charge < -0.3 is 11.1 Å². The van der Waals surface area contributed by atoms with Gasteiger partial charge in [0.15, 0.2) is 0 Å². The van der Waals surface area contributed by atoms with Gasteiger partial charge in [0.1, 0.15) is 0 Å². The SMILES string of the molecule is Cc1cccc(N)c1C(=O)NCC1CCSCC1. The molecule has 1 fully saturated rings. The molecule has 1 aliphatic heterocycles. The summed E-state index contributed by atoms with van der Waals surface area (Å²) in [5.41, 5.74) is 7.99. The Hall–Kier alpha value is -1.16. The number of carbonyl (C=O) groups is 1. The maximum atomic E-state index is 12.1. The molecule has 1 amide bonds. The summed E-state index contributed by atoms with van der Waals surface area (Å²) in [6, 6.07) is 5.57. The molecule has 1 heterocycles. The minimum absolute atomic E-state index is 0.0381. The van der Waals surface area contributed by atoms with Gasteiger partial charge in [-0.1, -0.05) is 12.1 Å². The van der Waals surface area contributed by atoms with E-state index in [-0.39, 0.29) is 5.91 Å². The Bertz CT molecular complexity index is 408. The summed E-state index contributed by atoms with van der Waals surface area (Å²) in [4.78, 5) is 12.1. The molecule has 2 rings (SSSR count). The average Bonchev–Trinajstić information content (AvgIpc) is 2.37. The maximum absolute atomic E-state index is 12.1. The van der Waals surface area contributed by atoms with Crippen LogP contribution in [0, 0.1) is 12.8 Å². The fourth-order valence-corrected chi connectivity index (χ4v) is 3.48. The standard InChI is InChI=1S/C14H20N2OS/c1-10-3-2-4-12(15)13(10)14(17)16-9-11-5-7-18-8-6-11/h2-4,11H,5-9,15H2,1H3,(H,16,17). The Balaban J connectivity index is 1.95. The molecule has 0 aromatic heterocycles. The summed E-state index contributed by atoms with van der Waals surface area (Å²) in [5, 5.41) is 3.02. The first-order valence-corrected chi connectivity index (χ1v) is 7.55. The molecule has 18 heavy (non-hydrogen) atoms. The molecule has 1 saturated heterocycles. The first-order chi connectivity index (χ1) is 8.68. The van der Waals surface area contributed by atoms with E-state index >= 15 is 0 Å². The monoisotopic (exact) mass is 264 g/mol. The lowest BCUT2D eigenvalue weighted by Gasteiger charge is -2.21. The third kappa shape index (κ3) is 3.19. The summed E-state index contributed by atoms with van der Waals surface area (Å²) in [5.74, 6) is 3.02. The van der Waals surface area contributed by atoms with Crippen LogP contribution in [0.15, 0.2) is 18.2 Å². The lowest BCUT2D eigenvalue weighted by atomic mass is 10.0. The number of hydrogen-bond acceptors (Lipinski definition) is 3. The molecular weight excluding hydrogens is 244 g/mol. The van der Waals surface area contributed by atoms with E-state index in [0.717, 1.165) is 12.1 Å². The third-order valence-electron chi connectivity index (χ3n) is 3.42. The fraction of sp³-hybridized carbons (Fsp3) is 0.500. The Morgan fingerprint density at radius 2 is 2.17 bits per heavy atom. The highest BCUT2D eigenvalue weighted by molar-refractivity contribution is 7.99. The molecule has 0 atom stereocenters. The van der Waals surface area contributed by atoms with Crippen molar-refractivity contribution in [1.82, 2.24) is 5.32 Å². The Labute approximate surface area is 113 Å². The maximum Gasteiger partial charge on any atom is 0.253 e. The minimum atomic E-state index is -0.0381. The fourth-order valence-electron chi connectivity index (χ4n) is 2.28. The third-order valence-corrected chi connectivity index (χ3v) is 4.47. The van der Waals surface area contributed by atoms with Gasteiger partial charge in [0.05, 0.1) is 5.56 Å². The van der Waals surface area contributed by atoms with Gasteiger partial charge in [0, 0.05) is 12.2 Å². The van der Waals surface area contributed by atoms with E-state index in [1.54, 1.807) is 6.07 Å². The topological polar surface area (TPSA) is 55.1 Å². The quantitative estimate of drug-likeness (QED) is 0.825. The Morgan fingerprint density at radius 1 is 1.44 bits per heavy atom. The molecular formula is C14H20N2OS. The molecule has 3 nitrogen and oxygen atoms in total. The smallest absolute Gasteiger partial charge is 0.253 e. The van der Waals surface area contributed by atoms with Crippen molar-refractivity contribution in [3.8, 4) is 0 Å². The van der Waals surface area contributed by atoms with Crippen LogP contribution >= 0.6 is 11.8 Å². The number of nitrogen functional groups attached to an aromatic ring is 1. The molecule has 3 N–H and O–H groups in total. The Kier molecular flexibility index (Phi) is 4.53. The van der Waals surface area contributed by atoms with Gasteiger partial charge in [-0.2, -0.15) is 11.8 Å². The van der Waals surface area contributed by atoms with Crippen LogP contribution in [0.5, 0.6) is 0 Å². The zero-order valence-corrected chi connectivity index (χ0v) is 11.6. The van der Waals surface area contributed by atoms with Crippen molar-refractivity contribution >= 4 is 23.4 Å². The predicted molar refractivity (Wildman–Crippen MR) is 78.0 cm³/mol. The van der Waals surface area contributed by atoms with Crippen LogP contribution < -0.4 is 11.1 Å². The van der Waals surface area contributed by atoms with Crippen LogP contribution in [-0.2, 0) is 0 Å². The minimum Gasteiger partial charge on any atom is -0.398 e. The van der Waals surface area contributed by atoms with Crippen molar-refractivity contribution in [2.24, 2.45) is 5.92 Å². The molecule has 0 spiro atoms. The highest BCUT2D eigenvalue weighted by atomic mass is 32.2. The molecule has 98 valence electrons. The predicted octanol–water partition coefficient (Wildman–Crippen LogP) is 2.45. The lowest BCUT2D eigenvalue weighted by Crippen LogP contribution is -2.31. The Morgan fingerprint density at radius 3 is 2.83 bits per heavy atom. The van der Waals surface area contributed by atoms with Gasteiger partial charge in [-0.25, -0.2) is 0 Å². The number of amides is 1. The van der Waals surface area contributed by atoms with Gasteiger partial charge in [0.25, 0.3) is 5.91 Å². The molecule has 1 aliphatic rings. The van der Waals surface area contributed by atoms with E-state index in [9.17, 15) is 4.79 Å². The van der Waals surface area contributed by atoms with Gasteiger partial charge in [-0.15, -0.1) is 0 Å². The molecule has 1 aromatic rings. The number of carbonyl (C=O) groups excluding carboxylic acids is 1. The second kappa shape index (κ2) is 6.14. The van der Waals surface area contributed by atoms with Crippen molar-refractivity contribution < 1.29 is 4.79 Å². The highest BCUT2D eigenvalue weighted by Gasteiger charge is 2.17. The number of benzene rings is 1. The van der Waals surface area contributed by atoms with Crippen molar-refractivity contribution in [3.05, 3.63) is 29.3 Å². The second-order valence-corrected chi connectivity index (χ2v) is 6.03. The van der Waals surface area contributed by atoms with Gasteiger partial charge >= 0.3 is 0 Å². The summed E-state index contributed by atoms with van der Waals surface area (Å²) < 4.78 is 0. The number of aryl methyl sites for hydroxylation is 1. The highest BCUT2D eigenvalue weighted by Crippen LogP contribution is 2.22. The zero-order valence-electron chi connectivity index (χ0n) is 10.7. The molecule has 0 radical (unpaired) electrons. The number of anilines is 1. The zero-order chi connectivity index (χ0) is 13.0. The van der Waals surface area contributed by atoms with E-state index in [1.165, 1.54) is 24.3 Å². The largest absolute Gasteiger partial charge is 0.398 e. The number of nitrogens with one attached hydrogen (secondary N) is 1. The molecule has 1 aromatic carbocycles. The van der Waals surface area contributed by atoms with Crippen molar-refractivity contribution in [3.63, 3.8) is 0 Å².